The zero-order valence-electron chi connectivity index (χ0n) is 7.93. The summed E-state index contributed by atoms with van der Waals surface area (Å²) < 4.78 is 14.1. The lowest BCUT2D eigenvalue weighted by Gasteiger charge is -2.10. The molecule has 15 heavy (non-hydrogen) atoms. The van der Waals surface area contributed by atoms with E-state index in [-0.39, 0.29) is 11.4 Å². The molecule has 0 spiro atoms. The summed E-state index contributed by atoms with van der Waals surface area (Å²) in [6.07, 6.45) is 0.113. The van der Waals surface area contributed by atoms with Crippen LogP contribution in [0.15, 0.2) is 16.6 Å². The summed E-state index contributed by atoms with van der Waals surface area (Å²) in [4.78, 5) is 10.6. The quantitative estimate of drug-likeness (QED) is 0.867. The first-order chi connectivity index (χ1) is 6.93. The number of carboxylic acid groups (broad SMARTS) is 1. The topological polar surface area (TPSA) is 37.3 Å². The normalized spacial score (nSPS) is 12.5. The van der Waals surface area contributed by atoms with Crippen LogP contribution in [0.2, 0.25) is 5.02 Å². The fraction of sp³-hybridized carbons (Fsp3) is 0.300. The Bertz CT molecular complexity index is 395. The number of carbonyl (C=O) groups is 1. The number of halogens is 3. The molecule has 5 heteroatoms. The first-order valence-electron chi connectivity index (χ1n) is 4.28. The SMILES string of the molecule is CC(Cc1c(Br)ccc(Cl)c1F)C(=O)O. The molecule has 0 bridgehead atoms. The van der Waals surface area contributed by atoms with Crippen LogP contribution in [0.5, 0.6) is 0 Å². The van der Waals surface area contributed by atoms with Crippen LogP contribution in [0.4, 0.5) is 4.39 Å². The third-order valence-corrected chi connectivity index (χ3v) is 3.11. The van der Waals surface area contributed by atoms with Gasteiger partial charge in [0.2, 0.25) is 0 Å². The van der Waals surface area contributed by atoms with Crippen LogP contribution in [-0.2, 0) is 11.2 Å². The van der Waals surface area contributed by atoms with Crippen LogP contribution >= 0.6 is 27.5 Å². The van der Waals surface area contributed by atoms with Gasteiger partial charge in [0.05, 0.1) is 10.9 Å². The maximum absolute atomic E-state index is 13.5. The van der Waals surface area contributed by atoms with Crippen molar-refractivity contribution in [2.75, 3.05) is 0 Å². The number of carboxylic acids is 1. The Morgan fingerprint density at radius 2 is 2.27 bits per heavy atom. The summed E-state index contributed by atoms with van der Waals surface area (Å²) in [6, 6.07) is 3.03. The largest absolute Gasteiger partial charge is 0.481 e. The van der Waals surface area contributed by atoms with E-state index in [2.05, 4.69) is 15.9 Å². The predicted molar refractivity (Wildman–Crippen MR) is 59.6 cm³/mol. The maximum Gasteiger partial charge on any atom is 0.306 e. The fourth-order valence-corrected chi connectivity index (χ4v) is 1.79. The van der Waals surface area contributed by atoms with E-state index >= 15 is 0 Å². The van der Waals surface area contributed by atoms with Gasteiger partial charge in [0, 0.05) is 10.0 Å². The highest BCUT2D eigenvalue weighted by Crippen LogP contribution is 2.27. The smallest absolute Gasteiger partial charge is 0.306 e. The minimum atomic E-state index is -0.957. The monoisotopic (exact) mass is 294 g/mol. The summed E-state index contributed by atoms with van der Waals surface area (Å²) in [5, 5.41) is 8.73. The molecule has 0 heterocycles. The Labute approximate surface area is 100 Å². The van der Waals surface area contributed by atoms with E-state index in [9.17, 15) is 9.18 Å². The van der Waals surface area contributed by atoms with E-state index in [1.165, 1.54) is 13.0 Å². The van der Waals surface area contributed by atoms with Crippen molar-refractivity contribution in [2.45, 2.75) is 13.3 Å². The molecule has 0 aliphatic rings. The second kappa shape index (κ2) is 4.94. The molecular weight excluding hydrogens is 286 g/mol. The summed E-state index contributed by atoms with van der Waals surface area (Å²) in [5.41, 5.74) is 0.303. The van der Waals surface area contributed by atoms with E-state index in [1.807, 2.05) is 0 Å². The molecule has 1 N–H and O–H groups in total. The van der Waals surface area contributed by atoms with Gasteiger partial charge >= 0.3 is 5.97 Å². The third kappa shape index (κ3) is 2.92. The number of hydrogen-bond acceptors (Lipinski definition) is 1. The van der Waals surface area contributed by atoms with Crippen LogP contribution in [0.1, 0.15) is 12.5 Å². The molecule has 0 fully saturated rings. The van der Waals surface area contributed by atoms with Crippen LogP contribution in [0, 0.1) is 11.7 Å². The van der Waals surface area contributed by atoms with Gasteiger partial charge in [-0.15, -0.1) is 0 Å². The van der Waals surface area contributed by atoms with Gasteiger partial charge in [-0.2, -0.15) is 0 Å². The lowest BCUT2D eigenvalue weighted by atomic mass is 10.0. The Morgan fingerprint density at radius 1 is 1.67 bits per heavy atom. The molecule has 0 amide bonds. The van der Waals surface area contributed by atoms with E-state index < -0.39 is 17.7 Å². The summed E-state index contributed by atoms with van der Waals surface area (Å²) in [5.74, 6) is -2.16. The number of aliphatic carboxylic acids is 1. The van der Waals surface area contributed by atoms with Crippen LogP contribution in [-0.4, -0.2) is 11.1 Å². The maximum atomic E-state index is 13.5. The summed E-state index contributed by atoms with van der Waals surface area (Å²) in [6.45, 7) is 1.52. The van der Waals surface area contributed by atoms with Crippen molar-refractivity contribution >= 4 is 33.5 Å². The summed E-state index contributed by atoms with van der Waals surface area (Å²) in [7, 11) is 0. The van der Waals surface area contributed by atoms with Gasteiger partial charge in [-0.3, -0.25) is 4.79 Å². The van der Waals surface area contributed by atoms with Crippen molar-refractivity contribution in [3.63, 3.8) is 0 Å². The second-order valence-electron chi connectivity index (χ2n) is 3.27. The van der Waals surface area contributed by atoms with E-state index in [1.54, 1.807) is 6.07 Å². The highest BCUT2D eigenvalue weighted by molar-refractivity contribution is 9.10. The number of benzene rings is 1. The van der Waals surface area contributed by atoms with Crippen LogP contribution < -0.4 is 0 Å². The van der Waals surface area contributed by atoms with Crippen molar-refractivity contribution in [3.05, 3.63) is 33.0 Å². The second-order valence-corrected chi connectivity index (χ2v) is 4.53. The van der Waals surface area contributed by atoms with E-state index in [0.717, 1.165) is 0 Å². The molecule has 1 aromatic carbocycles. The lowest BCUT2D eigenvalue weighted by Crippen LogP contribution is -2.13. The molecule has 0 aliphatic carbocycles. The molecule has 1 atom stereocenters. The molecule has 1 unspecified atom stereocenters. The van der Waals surface area contributed by atoms with Gasteiger partial charge in [-0.05, 0) is 18.6 Å². The average Bonchev–Trinajstić information content (AvgIpc) is 2.18. The van der Waals surface area contributed by atoms with Crippen LogP contribution in [0.3, 0.4) is 0 Å². The molecule has 1 aromatic rings. The van der Waals surface area contributed by atoms with Gasteiger partial charge in [0.15, 0.2) is 0 Å². The van der Waals surface area contributed by atoms with Crippen molar-refractivity contribution in [1.29, 1.82) is 0 Å². The summed E-state index contributed by atoms with van der Waals surface area (Å²) >= 11 is 8.77. The Balaban J connectivity index is 3.03. The number of rotatable bonds is 3. The van der Waals surface area contributed by atoms with Gasteiger partial charge in [-0.1, -0.05) is 34.5 Å². The van der Waals surface area contributed by atoms with Gasteiger partial charge in [-0.25, -0.2) is 4.39 Å². The molecule has 82 valence electrons. The van der Waals surface area contributed by atoms with Gasteiger partial charge in [0.1, 0.15) is 5.82 Å². The standard InChI is InChI=1S/C10H9BrClFO2/c1-5(10(14)15)4-6-7(11)2-3-8(12)9(6)13/h2-3,5H,4H2,1H3,(H,14,15). The van der Waals surface area contributed by atoms with E-state index in [0.29, 0.717) is 10.0 Å². The van der Waals surface area contributed by atoms with Crippen molar-refractivity contribution in [1.82, 2.24) is 0 Å². The predicted octanol–water partition coefficient (Wildman–Crippen LogP) is 3.50. The molecule has 1 rings (SSSR count). The Morgan fingerprint density at radius 3 is 2.80 bits per heavy atom. The zero-order chi connectivity index (χ0) is 11.6. The van der Waals surface area contributed by atoms with Crippen molar-refractivity contribution in [3.8, 4) is 0 Å². The molecule has 0 aliphatic heterocycles. The minimum Gasteiger partial charge on any atom is -0.481 e. The molecule has 0 saturated heterocycles. The van der Waals surface area contributed by atoms with Crippen molar-refractivity contribution < 1.29 is 14.3 Å². The lowest BCUT2D eigenvalue weighted by molar-refractivity contribution is -0.141. The Kier molecular flexibility index (Phi) is 4.11. The van der Waals surface area contributed by atoms with Gasteiger partial charge in [0.25, 0.3) is 0 Å². The molecule has 2 nitrogen and oxygen atoms in total. The Hall–Kier alpha value is -0.610. The first-order valence-corrected chi connectivity index (χ1v) is 5.45. The average molecular weight is 296 g/mol. The first kappa shape index (κ1) is 12.5. The highest BCUT2D eigenvalue weighted by atomic mass is 79.9. The molecular formula is C10H9BrClFO2. The van der Waals surface area contributed by atoms with Gasteiger partial charge < -0.3 is 5.11 Å². The highest BCUT2D eigenvalue weighted by Gasteiger charge is 2.18. The van der Waals surface area contributed by atoms with E-state index in [4.69, 9.17) is 16.7 Å². The minimum absolute atomic E-state index is 0.00536. The third-order valence-electron chi connectivity index (χ3n) is 2.07. The zero-order valence-corrected chi connectivity index (χ0v) is 10.3. The molecule has 0 radical (unpaired) electrons. The van der Waals surface area contributed by atoms with Crippen LogP contribution in [0.25, 0.3) is 0 Å². The fourth-order valence-electron chi connectivity index (χ4n) is 1.15. The molecule has 0 saturated carbocycles. The molecule has 0 aromatic heterocycles. The van der Waals surface area contributed by atoms with Crippen molar-refractivity contribution in [2.24, 2.45) is 5.92 Å². The number of hydrogen-bond donors (Lipinski definition) is 1.